The highest BCUT2D eigenvalue weighted by molar-refractivity contribution is 5.81. The van der Waals surface area contributed by atoms with Gasteiger partial charge >= 0.3 is 0 Å². The lowest BCUT2D eigenvalue weighted by atomic mass is 10.2. The summed E-state index contributed by atoms with van der Waals surface area (Å²) in [5, 5.41) is 8.97. The van der Waals surface area contributed by atoms with Gasteiger partial charge in [-0.3, -0.25) is 9.78 Å². The maximum absolute atomic E-state index is 12.6. The minimum absolute atomic E-state index is 0.0486. The molecule has 3 heterocycles. The van der Waals surface area contributed by atoms with Gasteiger partial charge in [0.2, 0.25) is 5.91 Å². The van der Waals surface area contributed by atoms with Crippen LogP contribution in [0.4, 0.5) is 5.82 Å². The zero-order valence-electron chi connectivity index (χ0n) is 16.8. The molecule has 0 spiro atoms. The van der Waals surface area contributed by atoms with E-state index in [1.807, 2.05) is 16.8 Å². The third kappa shape index (κ3) is 4.32. The molecule has 29 heavy (non-hydrogen) atoms. The molecule has 2 aromatic heterocycles. The third-order valence-corrected chi connectivity index (χ3v) is 5.42. The standard InChI is InChI=1S/C21H27N5O3/c1-25(14-19(28)26-9-2-3-10-26)21-16-5-4-6-17(16)23-20(24-21)18-13-15(7-8-22-18)29-12-11-27/h7-8,13,27H,2-6,9-12,14H2,1H3. The Hall–Kier alpha value is -2.74. The Bertz CT molecular complexity index is 883. The molecule has 2 aliphatic rings. The molecular weight excluding hydrogens is 370 g/mol. The van der Waals surface area contributed by atoms with Gasteiger partial charge in [-0.1, -0.05) is 0 Å². The minimum atomic E-state index is -0.0486. The van der Waals surface area contributed by atoms with Crippen LogP contribution in [0.3, 0.4) is 0 Å². The molecule has 0 unspecified atom stereocenters. The van der Waals surface area contributed by atoms with Crippen molar-refractivity contribution in [1.82, 2.24) is 19.9 Å². The number of carbonyl (C=O) groups is 1. The van der Waals surface area contributed by atoms with E-state index in [2.05, 4.69) is 4.98 Å². The number of likely N-dealkylation sites (tertiary alicyclic amines) is 1. The number of rotatable bonds is 7. The predicted molar refractivity (Wildman–Crippen MR) is 109 cm³/mol. The summed E-state index contributed by atoms with van der Waals surface area (Å²) in [5.41, 5.74) is 2.79. The van der Waals surface area contributed by atoms with Crippen LogP contribution in [0.15, 0.2) is 18.3 Å². The summed E-state index contributed by atoms with van der Waals surface area (Å²) < 4.78 is 5.49. The molecule has 4 rings (SSSR count). The molecule has 0 atom stereocenters. The number of hydrogen-bond donors (Lipinski definition) is 1. The average Bonchev–Trinajstić information content (AvgIpc) is 3.43. The highest BCUT2D eigenvalue weighted by atomic mass is 16.5. The molecular formula is C21H27N5O3. The maximum Gasteiger partial charge on any atom is 0.242 e. The van der Waals surface area contributed by atoms with E-state index in [4.69, 9.17) is 19.8 Å². The van der Waals surface area contributed by atoms with E-state index in [1.165, 1.54) is 0 Å². The number of carbonyl (C=O) groups excluding carboxylic acids is 1. The van der Waals surface area contributed by atoms with E-state index in [0.717, 1.165) is 62.3 Å². The van der Waals surface area contributed by atoms with Gasteiger partial charge in [-0.2, -0.15) is 0 Å². The van der Waals surface area contributed by atoms with Crippen LogP contribution in [-0.2, 0) is 17.6 Å². The fraction of sp³-hybridized carbons (Fsp3) is 0.524. The normalized spacial score (nSPS) is 15.4. The minimum Gasteiger partial charge on any atom is -0.491 e. The van der Waals surface area contributed by atoms with Crippen molar-refractivity contribution in [1.29, 1.82) is 0 Å². The van der Waals surface area contributed by atoms with Crippen LogP contribution in [0.1, 0.15) is 30.5 Å². The van der Waals surface area contributed by atoms with Gasteiger partial charge < -0.3 is 19.6 Å². The summed E-state index contributed by atoms with van der Waals surface area (Å²) in [4.78, 5) is 30.4. The number of aryl methyl sites for hydroxylation is 1. The number of aliphatic hydroxyl groups is 1. The van der Waals surface area contributed by atoms with Crippen LogP contribution < -0.4 is 9.64 Å². The maximum atomic E-state index is 12.6. The number of amides is 1. The molecule has 1 amide bonds. The molecule has 1 N–H and O–H groups in total. The summed E-state index contributed by atoms with van der Waals surface area (Å²) in [6.45, 7) is 2.19. The number of aliphatic hydroxyl groups excluding tert-OH is 1. The summed E-state index contributed by atoms with van der Waals surface area (Å²) in [5.74, 6) is 2.12. The zero-order valence-corrected chi connectivity index (χ0v) is 16.8. The van der Waals surface area contributed by atoms with Crippen LogP contribution in [0.5, 0.6) is 5.75 Å². The number of nitrogens with zero attached hydrogens (tertiary/aromatic N) is 5. The highest BCUT2D eigenvalue weighted by Gasteiger charge is 2.25. The van der Waals surface area contributed by atoms with Crippen LogP contribution >= 0.6 is 0 Å². The Morgan fingerprint density at radius 2 is 2.07 bits per heavy atom. The van der Waals surface area contributed by atoms with E-state index in [9.17, 15) is 4.79 Å². The summed E-state index contributed by atoms with van der Waals surface area (Å²) in [6, 6.07) is 3.53. The highest BCUT2D eigenvalue weighted by Crippen LogP contribution is 2.31. The molecule has 1 aliphatic carbocycles. The topological polar surface area (TPSA) is 91.7 Å². The molecule has 154 valence electrons. The molecule has 0 bridgehead atoms. The van der Waals surface area contributed by atoms with Gasteiger partial charge in [0.05, 0.1) is 13.2 Å². The Labute approximate surface area is 170 Å². The van der Waals surface area contributed by atoms with Crippen molar-refractivity contribution in [2.45, 2.75) is 32.1 Å². The second-order valence-corrected chi connectivity index (χ2v) is 7.54. The molecule has 1 fully saturated rings. The first kappa shape index (κ1) is 19.6. The molecule has 0 aromatic carbocycles. The van der Waals surface area contributed by atoms with Crippen molar-refractivity contribution in [3.8, 4) is 17.3 Å². The smallest absolute Gasteiger partial charge is 0.242 e. The van der Waals surface area contributed by atoms with Crippen LogP contribution in [0, 0.1) is 0 Å². The van der Waals surface area contributed by atoms with Crippen molar-refractivity contribution in [2.24, 2.45) is 0 Å². The Kier molecular flexibility index (Phi) is 5.89. The van der Waals surface area contributed by atoms with Crippen molar-refractivity contribution >= 4 is 11.7 Å². The first-order valence-electron chi connectivity index (χ1n) is 10.2. The van der Waals surface area contributed by atoms with E-state index >= 15 is 0 Å². The molecule has 2 aromatic rings. The average molecular weight is 397 g/mol. The lowest BCUT2D eigenvalue weighted by Crippen LogP contribution is -2.38. The molecule has 8 nitrogen and oxygen atoms in total. The van der Waals surface area contributed by atoms with Crippen LogP contribution in [-0.4, -0.2) is 70.8 Å². The lowest BCUT2D eigenvalue weighted by Gasteiger charge is -2.24. The molecule has 1 saturated heterocycles. The zero-order chi connectivity index (χ0) is 20.2. The van der Waals surface area contributed by atoms with E-state index in [-0.39, 0.29) is 19.1 Å². The van der Waals surface area contributed by atoms with E-state index in [1.54, 1.807) is 18.3 Å². The third-order valence-electron chi connectivity index (χ3n) is 5.42. The van der Waals surface area contributed by atoms with Gasteiger partial charge in [-0.25, -0.2) is 9.97 Å². The molecule has 0 saturated carbocycles. The largest absolute Gasteiger partial charge is 0.491 e. The second-order valence-electron chi connectivity index (χ2n) is 7.54. The van der Waals surface area contributed by atoms with Crippen molar-refractivity contribution in [3.63, 3.8) is 0 Å². The van der Waals surface area contributed by atoms with Gasteiger partial charge in [0.1, 0.15) is 23.9 Å². The lowest BCUT2D eigenvalue weighted by molar-refractivity contribution is -0.128. The number of anilines is 1. The fourth-order valence-electron chi connectivity index (χ4n) is 3.97. The number of likely N-dealkylation sites (N-methyl/N-ethyl adjacent to an activating group) is 1. The summed E-state index contributed by atoms with van der Waals surface area (Å²) in [7, 11) is 1.92. The van der Waals surface area contributed by atoms with Gasteiger partial charge in [0.25, 0.3) is 0 Å². The number of hydrogen-bond acceptors (Lipinski definition) is 7. The molecule has 0 radical (unpaired) electrons. The predicted octanol–water partition coefficient (Wildman–Crippen LogP) is 1.46. The van der Waals surface area contributed by atoms with Gasteiger partial charge in [0, 0.05) is 43.7 Å². The Morgan fingerprint density at radius 3 is 2.86 bits per heavy atom. The van der Waals surface area contributed by atoms with Gasteiger partial charge in [-0.15, -0.1) is 0 Å². The quantitative estimate of drug-likeness (QED) is 0.756. The fourth-order valence-corrected chi connectivity index (χ4v) is 3.97. The number of fused-ring (bicyclic) bond motifs is 1. The summed E-state index contributed by atoms with van der Waals surface area (Å²) >= 11 is 0. The summed E-state index contributed by atoms with van der Waals surface area (Å²) in [6.07, 6.45) is 6.71. The monoisotopic (exact) mass is 397 g/mol. The first-order valence-corrected chi connectivity index (χ1v) is 10.2. The number of pyridine rings is 1. The van der Waals surface area contributed by atoms with Gasteiger partial charge in [0.15, 0.2) is 5.82 Å². The van der Waals surface area contributed by atoms with E-state index < -0.39 is 0 Å². The van der Waals surface area contributed by atoms with Crippen molar-refractivity contribution < 1.29 is 14.6 Å². The van der Waals surface area contributed by atoms with Crippen molar-refractivity contribution in [2.75, 3.05) is 44.8 Å². The van der Waals surface area contributed by atoms with Crippen LogP contribution in [0.2, 0.25) is 0 Å². The van der Waals surface area contributed by atoms with Crippen molar-refractivity contribution in [3.05, 3.63) is 29.6 Å². The Balaban J connectivity index is 1.61. The molecule has 1 aliphatic heterocycles. The van der Waals surface area contributed by atoms with E-state index in [0.29, 0.717) is 23.8 Å². The number of aromatic nitrogens is 3. The second kappa shape index (κ2) is 8.73. The Morgan fingerprint density at radius 1 is 1.24 bits per heavy atom. The first-order chi connectivity index (χ1) is 14.2. The number of ether oxygens (including phenoxy) is 1. The van der Waals surface area contributed by atoms with Gasteiger partial charge in [-0.05, 0) is 38.2 Å². The van der Waals surface area contributed by atoms with Crippen LogP contribution in [0.25, 0.3) is 11.5 Å². The molecule has 8 heteroatoms. The SMILES string of the molecule is CN(CC(=O)N1CCCC1)c1nc(-c2cc(OCCO)ccn2)nc2c1CCC2.